The summed E-state index contributed by atoms with van der Waals surface area (Å²) >= 11 is 0. The fraction of sp³-hybridized carbons (Fsp3) is 0.615. The van der Waals surface area contributed by atoms with Crippen molar-refractivity contribution in [1.29, 1.82) is 0 Å². The minimum Gasteiger partial charge on any atom is -0.466 e. The maximum atomic E-state index is 10.2. The van der Waals surface area contributed by atoms with E-state index in [0.717, 1.165) is 0 Å². The topological polar surface area (TPSA) is 26.3 Å². The molecule has 1 aliphatic rings. The molecule has 0 heterocycles. The fourth-order valence-corrected chi connectivity index (χ4v) is 1.19. The van der Waals surface area contributed by atoms with Crippen LogP contribution in [0, 0.1) is 11.8 Å². The second kappa shape index (κ2) is 7.27. The lowest BCUT2D eigenvalue weighted by atomic mass is 9.97. The summed E-state index contributed by atoms with van der Waals surface area (Å²) in [6.07, 6.45) is 4.82. The van der Waals surface area contributed by atoms with E-state index in [1.807, 2.05) is 0 Å². The molecule has 0 saturated carbocycles. The molecule has 2 heteroatoms. The summed E-state index contributed by atoms with van der Waals surface area (Å²) < 4.78 is 4.55. The molecule has 0 aromatic rings. The Balaban J connectivity index is 0.000000265. The van der Waals surface area contributed by atoms with Gasteiger partial charge >= 0.3 is 5.97 Å². The molecule has 86 valence electrons. The van der Waals surface area contributed by atoms with E-state index < -0.39 is 0 Å². The number of rotatable bonds is 2. The van der Waals surface area contributed by atoms with Crippen LogP contribution in [0.4, 0.5) is 0 Å². The van der Waals surface area contributed by atoms with Gasteiger partial charge in [-0.2, -0.15) is 0 Å². The molecule has 0 bridgehead atoms. The van der Waals surface area contributed by atoms with E-state index in [0.29, 0.717) is 24.9 Å². The first-order valence-corrected chi connectivity index (χ1v) is 5.55. The maximum Gasteiger partial charge on any atom is 0.305 e. The average molecular weight is 210 g/mol. The van der Waals surface area contributed by atoms with Crippen molar-refractivity contribution in [2.24, 2.45) is 11.8 Å². The second-order valence-corrected chi connectivity index (χ2v) is 3.74. The standard InChI is InChI=1S/C8H12.C5H10O2/c1-6-4-5-7(2)8(6)3;1-3-5(6)7-4-2/h4-5,7-8H,1H2,2-3H3;3-4H2,1-2H3/t7-,8-;/m0./s1. The third kappa shape index (κ3) is 5.40. The molecule has 2 atom stereocenters. The van der Waals surface area contributed by atoms with Crippen LogP contribution in [-0.2, 0) is 9.53 Å². The molecule has 15 heavy (non-hydrogen) atoms. The van der Waals surface area contributed by atoms with Gasteiger partial charge < -0.3 is 4.74 Å². The Hall–Kier alpha value is -1.05. The second-order valence-electron chi connectivity index (χ2n) is 3.74. The third-order valence-corrected chi connectivity index (χ3v) is 2.58. The van der Waals surface area contributed by atoms with Crippen molar-refractivity contribution in [2.45, 2.75) is 34.1 Å². The quantitative estimate of drug-likeness (QED) is 0.653. The fourth-order valence-electron chi connectivity index (χ4n) is 1.19. The van der Waals surface area contributed by atoms with Gasteiger partial charge in [-0.25, -0.2) is 0 Å². The molecule has 1 rings (SSSR count). The number of ether oxygens (including phenoxy) is 1. The Morgan fingerprint density at radius 1 is 1.47 bits per heavy atom. The molecule has 0 saturated heterocycles. The van der Waals surface area contributed by atoms with E-state index >= 15 is 0 Å². The third-order valence-electron chi connectivity index (χ3n) is 2.58. The maximum absolute atomic E-state index is 10.2. The number of hydrogen-bond donors (Lipinski definition) is 0. The van der Waals surface area contributed by atoms with Crippen LogP contribution in [0.25, 0.3) is 0 Å². The van der Waals surface area contributed by atoms with Crippen LogP contribution in [0.5, 0.6) is 0 Å². The number of carbonyl (C=O) groups is 1. The van der Waals surface area contributed by atoms with Gasteiger partial charge in [0.2, 0.25) is 0 Å². The number of carbonyl (C=O) groups excluding carboxylic acids is 1. The van der Waals surface area contributed by atoms with Gasteiger partial charge in [0.1, 0.15) is 0 Å². The van der Waals surface area contributed by atoms with Crippen molar-refractivity contribution < 1.29 is 9.53 Å². The van der Waals surface area contributed by atoms with Gasteiger partial charge in [-0.05, 0) is 18.8 Å². The number of allylic oxidation sites excluding steroid dienone is 3. The van der Waals surface area contributed by atoms with Gasteiger partial charge in [0.15, 0.2) is 0 Å². The summed E-state index contributed by atoms with van der Waals surface area (Å²) in [7, 11) is 0. The van der Waals surface area contributed by atoms with Crippen molar-refractivity contribution in [3.63, 3.8) is 0 Å². The molecule has 0 amide bonds. The molecule has 0 aromatic heterocycles. The summed E-state index contributed by atoms with van der Waals surface area (Å²) in [5.74, 6) is 1.26. The zero-order valence-electron chi connectivity index (χ0n) is 10.2. The Morgan fingerprint density at radius 3 is 2.20 bits per heavy atom. The van der Waals surface area contributed by atoms with Gasteiger partial charge in [-0.15, -0.1) is 0 Å². The Morgan fingerprint density at radius 2 is 2.07 bits per heavy atom. The van der Waals surface area contributed by atoms with Gasteiger partial charge in [0.05, 0.1) is 6.61 Å². The Kier molecular flexibility index (Phi) is 6.76. The summed E-state index contributed by atoms with van der Waals surface area (Å²) in [6, 6.07) is 0. The largest absolute Gasteiger partial charge is 0.466 e. The summed E-state index contributed by atoms with van der Waals surface area (Å²) in [6.45, 7) is 12.4. The molecule has 0 radical (unpaired) electrons. The normalized spacial score (nSPS) is 23.3. The van der Waals surface area contributed by atoms with Crippen LogP contribution in [0.3, 0.4) is 0 Å². The van der Waals surface area contributed by atoms with E-state index in [1.54, 1.807) is 13.8 Å². The van der Waals surface area contributed by atoms with E-state index in [-0.39, 0.29) is 5.97 Å². The van der Waals surface area contributed by atoms with Gasteiger partial charge in [-0.3, -0.25) is 4.79 Å². The van der Waals surface area contributed by atoms with E-state index in [1.165, 1.54) is 5.57 Å². The highest BCUT2D eigenvalue weighted by Gasteiger charge is 2.15. The highest BCUT2D eigenvalue weighted by atomic mass is 16.5. The monoisotopic (exact) mass is 210 g/mol. The molecular formula is C13H22O2. The van der Waals surface area contributed by atoms with Crippen molar-refractivity contribution >= 4 is 5.97 Å². The van der Waals surface area contributed by atoms with Crippen LogP contribution in [0.2, 0.25) is 0 Å². The molecule has 0 N–H and O–H groups in total. The Labute approximate surface area is 93.0 Å². The van der Waals surface area contributed by atoms with Crippen molar-refractivity contribution in [3.8, 4) is 0 Å². The highest BCUT2D eigenvalue weighted by molar-refractivity contribution is 5.68. The summed E-state index contributed by atoms with van der Waals surface area (Å²) in [5, 5.41) is 0. The van der Waals surface area contributed by atoms with E-state index in [9.17, 15) is 4.79 Å². The smallest absolute Gasteiger partial charge is 0.305 e. The van der Waals surface area contributed by atoms with Crippen LogP contribution >= 0.6 is 0 Å². The molecule has 0 spiro atoms. The molecule has 0 fully saturated rings. The first-order chi connectivity index (χ1) is 7.02. The predicted octanol–water partition coefficient (Wildman–Crippen LogP) is 3.34. The molecule has 0 aliphatic heterocycles. The van der Waals surface area contributed by atoms with Gasteiger partial charge in [0, 0.05) is 6.42 Å². The molecule has 0 aromatic carbocycles. The minimum absolute atomic E-state index is 0.123. The number of esters is 1. The lowest BCUT2D eigenvalue weighted by Crippen LogP contribution is -2.00. The lowest BCUT2D eigenvalue weighted by molar-refractivity contribution is -0.142. The summed E-state index contributed by atoms with van der Waals surface area (Å²) in [5.41, 5.74) is 1.28. The van der Waals surface area contributed by atoms with E-state index in [2.05, 4.69) is 37.3 Å². The summed E-state index contributed by atoms with van der Waals surface area (Å²) in [4.78, 5) is 10.2. The lowest BCUT2D eigenvalue weighted by Gasteiger charge is -2.07. The first kappa shape index (κ1) is 13.9. The predicted molar refractivity (Wildman–Crippen MR) is 63.5 cm³/mol. The van der Waals surface area contributed by atoms with Crippen molar-refractivity contribution in [2.75, 3.05) is 6.61 Å². The molecular weight excluding hydrogens is 188 g/mol. The zero-order chi connectivity index (χ0) is 11.8. The van der Waals surface area contributed by atoms with Crippen LogP contribution in [0.15, 0.2) is 24.3 Å². The van der Waals surface area contributed by atoms with Crippen LogP contribution < -0.4 is 0 Å². The first-order valence-electron chi connectivity index (χ1n) is 5.55. The molecule has 1 aliphatic carbocycles. The number of hydrogen-bond acceptors (Lipinski definition) is 2. The van der Waals surface area contributed by atoms with Crippen molar-refractivity contribution in [3.05, 3.63) is 24.3 Å². The van der Waals surface area contributed by atoms with Crippen LogP contribution in [0.1, 0.15) is 34.1 Å². The Bertz CT molecular complexity index is 241. The zero-order valence-corrected chi connectivity index (χ0v) is 10.2. The minimum atomic E-state index is -0.123. The van der Waals surface area contributed by atoms with Crippen molar-refractivity contribution in [1.82, 2.24) is 0 Å². The highest BCUT2D eigenvalue weighted by Crippen LogP contribution is 2.27. The molecule has 2 nitrogen and oxygen atoms in total. The van der Waals surface area contributed by atoms with Gasteiger partial charge in [0.25, 0.3) is 0 Å². The molecule has 0 unspecified atom stereocenters. The van der Waals surface area contributed by atoms with Gasteiger partial charge in [-0.1, -0.05) is 45.1 Å². The van der Waals surface area contributed by atoms with Crippen LogP contribution in [-0.4, -0.2) is 12.6 Å². The average Bonchev–Trinajstić information content (AvgIpc) is 2.51. The van der Waals surface area contributed by atoms with E-state index in [4.69, 9.17) is 0 Å². The SMILES string of the molecule is C=C1C=C[C@H](C)[C@H]1C.CCOC(=O)CC.